The Labute approximate surface area is 171 Å². The summed E-state index contributed by atoms with van der Waals surface area (Å²) in [5, 5.41) is 10.8. The van der Waals surface area contributed by atoms with Gasteiger partial charge in [0.25, 0.3) is 0 Å². The zero-order chi connectivity index (χ0) is 20.6. The van der Waals surface area contributed by atoms with Crippen LogP contribution in [0.3, 0.4) is 0 Å². The third-order valence-electron chi connectivity index (χ3n) is 6.15. The van der Waals surface area contributed by atoms with Crippen molar-refractivity contribution in [3.8, 4) is 11.5 Å². The summed E-state index contributed by atoms with van der Waals surface area (Å²) in [4.78, 5) is 13.1. The van der Waals surface area contributed by atoms with Crippen molar-refractivity contribution in [1.82, 2.24) is 0 Å². The van der Waals surface area contributed by atoms with Gasteiger partial charge < -0.3 is 24.3 Å². The van der Waals surface area contributed by atoms with Gasteiger partial charge in [-0.3, -0.25) is 0 Å². The Morgan fingerprint density at radius 2 is 1.97 bits per heavy atom. The highest BCUT2D eigenvalue weighted by atomic mass is 16.5. The number of hydrogen-bond donors (Lipinski definition) is 0. The van der Waals surface area contributed by atoms with E-state index in [1.807, 2.05) is 24.3 Å². The largest absolute Gasteiger partial charge is 0.550 e. The number of aliphatic carboxylic acids is 1. The molecule has 4 rings (SSSR count). The van der Waals surface area contributed by atoms with Crippen LogP contribution in [0.1, 0.15) is 44.2 Å². The van der Waals surface area contributed by atoms with Gasteiger partial charge in [-0.1, -0.05) is 18.2 Å². The lowest BCUT2D eigenvalue weighted by molar-refractivity contribution is -0.305. The van der Waals surface area contributed by atoms with Gasteiger partial charge in [0, 0.05) is 23.8 Å². The molecule has 0 bridgehead atoms. The van der Waals surface area contributed by atoms with Gasteiger partial charge in [0.2, 0.25) is 5.72 Å². The van der Waals surface area contributed by atoms with E-state index in [4.69, 9.17) is 9.47 Å². The summed E-state index contributed by atoms with van der Waals surface area (Å²) in [6, 6.07) is 14.2. The summed E-state index contributed by atoms with van der Waals surface area (Å²) in [7, 11) is 1.65. The lowest BCUT2D eigenvalue weighted by atomic mass is 9.76. The highest BCUT2D eigenvalue weighted by molar-refractivity contribution is 5.72. The molecular formula is C24H26NO4-. The molecule has 2 heterocycles. The summed E-state index contributed by atoms with van der Waals surface area (Å²) < 4.78 is 12.1. The Hall–Kier alpha value is -2.95. The summed E-state index contributed by atoms with van der Waals surface area (Å²) in [6.45, 7) is 5.10. The van der Waals surface area contributed by atoms with Crippen LogP contribution >= 0.6 is 0 Å². The molecule has 152 valence electrons. The van der Waals surface area contributed by atoms with Crippen LogP contribution in [0, 0.1) is 0 Å². The number of carboxylic acid groups (broad SMARTS) is 1. The van der Waals surface area contributed by atoms with E-state index in [2.05, 4.69) is 49.1 Å². The van der Waals surface area contributed by atoms with E-state index in [1.54, 1.807) is 7.11 Å². The minimum atomic E-state index is -1.00. The van der Waals surface area contributed by atoms with Crippen molar-refractivity contribution in [3.63, 3.8) is 0 Å². The number of ether oxygens (including phenoxy) is 2. The number of hydrogen-bond acceptors (Lipinski definition) is 5. The smallest absolute Gasteiger partial charge is 0.212 e. The van der Waals surface area contributed by atoms with Gasteiger partial charge in [0.15, 0.2) is 0 Å². The summed E-state index contributed by atoms with van der Waals surface area (Å²) in [5.41, 5.74) is 2.36. The molecule has 0 N–H and O–H groups in total. The second-order valence-corrected chi connectivity index (χ2v) is 8.16. The standard InChI is InChI=1S/C24H27NO4/c1-23(2)19-8-4-5-9-20(19)25(15-7-6-10-22(26)27)24(23)14-13-17-16-18(28-3)11-12-21(17)29-24/h4-5,8-9,11-14,16H,6-7,10,15H2,1-3H3,(H,26,27)/p-1. The van der Waals surface area contributed by atoms with Gasteiger partial charge in [-0.15, -0.1) is 0 Å². The Balaban J connectivity index is 1.73. The van der Waals surface area contributed by atoms with Crippen molar-refractivity contribution in [1.29, 1.82) is 0 Å². The Morgan fingerprint density at radius 1 is 1.17 bits per heavy atom. The Bertz CT molecular complexity index is 965. The molecule has 2 aliphatic rings. The normalized spacial score (nSPS) is 20.9. The third-order valence-corrected chi connectivity index (χ3v) is 6.15. The highest BCUT2D eigenvalue weighted by Crippen LogP contribution is 2.55. The van der Waals surface area contributed by atoms with Crippen LogP contribution < -0.4 is 19.5 Å². The van der Waals surface area contributed by atoms with E-state index in [-0.39, 0.29) is 11.8 Å². The number of rotatable bonds is 6. The highest BCUT2D eigenvalue weighted by Gasteiger charge is 2.58. The average molecular weight is 392 g/mol. The first kappa shape index (κ1) is 19.4. The van der Waals surface area contributed by atoms with Crippen LogP contribution in [-0.2, 0) is 10.2 Å². The van der Waals surface area contributed by atoms with E-state index in [9.17, 15) is 9.90 Å². The number of benzene rings is 2. The number of nitrogens with zero attached hydrogens (tertiary/aromatic N) is 1. The van der Waals surface area contributed by atoms with Gasteiger partial charge in [-0.25, -0.2) is 0 Å². The van der Waals surface area contributed by atoms with Crippen LogP contribution in [-0.4, -0.2) is 25.3 Å². The minimum Gasteiger partial charge on any atom is -0.550 e. The van der Waals surface area contributed by atoms with Crippen molar-refractivity contribution in [2.24, 2.45) is 0 Å². The molecule has 2 aromatic rings. The Kier molecular flexibility index (Phi) is 4.77. The molecule has 29 heavy (non-hydrogen) atoms. The lowest BCUT2D eigenvalue weighted by Crippen LogP contribution is -2.59. The molecule has 0 aliphatic carbocycles. The molecule has 1 unspecified atom stereocenters. The van der Waals surface area contributed by atoms with E-state index < -0.39 is 11.7 Å². The lowest BCUT2D eigenvalue weighted by Gasteiger charge is -2.47. The minimum absolute atomic E-state index is 0.0746. The molecule has 1 spiro atoms. The summed E-state index contributed by atoms with van der Waals surface area (Å²) in [6.07, 6.45) is 5.63. The number of anilines is 1. The number of carbonyl (C=O) groups excluding carboxylic acids is 1. The molecule has 0 saturated heterocycles. The summed E-state index contributed by atoms with van der Waals surface area (Å²) in [5.74, 6) is 0.605. The van der Waals surface area contributed by atoms with Crippen LogP contribution in [0.2, 0.25) is 0 Å². The molecule has 2 aromatic carbocycles. The predicted molar refractivity (Wildman–Crippen MR) is 111 cm³/mol. The first-order valence-electron chi connectivity index (χ1n) is 10.0. The molecule has 0 saturated carbocycles. The van der Waals surface area contributed by atoms with Crippen molar-refractivity contribution in [2.45, 2.75) is 44.2 Å². The molecule has 0 aromatic heterocycles. The Morgan fingerprint density at radius 3 is 2.72 bits per heavy atom. The van der Waals surface area contributed by atoms with Gasteiger partial charge in [-0.05, 0) is 75.1 Å². The molecule has 0 fully saturated rings. The number of unbranched alkanes of at least 4 members (excludes halogenated alkanes) is 1. The maximum absolute atomic E-state index is 10.8. The quantitative estimate of drug-likeness (QED) is 0.704. The van der Waals surface area contributed by atoms with E-state index in [0.29, 0.717) is 13.0 Å². The fourth-order valence-electron chi connectivity index (χ4n) is 4.53. The fraction of sp³-hybridized carbons (Fsp3) is 0.375. The monoisotopic (exact) mass is 392 g/mol. The van der Waals surface area contributed by atoms with Crippen LogP contribution in [0.15, 0.2) is 48.5 Å². The fourth-order valence-corrected chi connectivity index (χ4v) is 4.53. The first-order chi connectivity index (χ1) is 13.9. The van der Waals surface area contributed by atoms with E-state index in [1.165, 1.54) is 5.56 Å². The molecule has 5 nitrogen and oxygen atoms in total. The average Bonchev–Trinajstić information content (AvgIpc) is 2.89. The maximum Gasteiger partial charge on any atom is 0.212 e. The van der Waals surface area contributed by atoms with E-state index >= 15 is 0 Å². The molecule has 5 heteroatoms. The van der Waals surface area contributed by atoms with Gasteiger partial charge >= 0.3 is 0 Å². The van der Waals surface area contributed by atoms with Gasteiger partial charge in [0.1, 0.15) is 11.5 Å². The second-order valence-electron chi connectivity index (χ2n) is 8.16. The number of methoxy groups -OCH3 is 1. The molecule has 0 radical (unpaired) electrons. The van der Waals surface area contributed by atoms with Crippen LogP contribution in [0.4, 0.5) is 5.69 Å². The van der Waals surface area contributed by atoms with Gasteiger partial charge in [0.05, 0.1) is 12.5 Å². The second kappa shape index (κ2) is 7.14. The number of carboxylic acids is 1. The third kappa shape index (κ3) is 3.05. The zero-order valence-electron chi connectivity index (χ0n) is 17.1. The zero-order valence-corrected chi connectivity index (χ0v) is 17.1. The van der Waals surface area contributed by atoms with Crippen LogP contribution in [0.25, 0.3) is 6.08 Å². The van der Waals surface area contributed by atoms with E-state index in [0.717, 1.165) is 29.2 Å². The van der Waals surface area contributed by atoms with Crippen molar-refractivity contribution < 1.29 is 19.4 Å². The predicted octanol–water partition coefficient (Wildman–Crippen LogP) is 3.52. The van der Waals surface area contributed by atoms with Crippen molar-refractivity contribution in [3.05, 3.63) is 59.7 Å². The molecular weight excluding hydrogens is 366 g/mol. The van der Waals surface area contributed by atoms with Crippen molar-refractivity contribution >= 4 is 17.7 Å². The number of carbonyl (C=O) groups is 1. The number of fused-ring (bicyclic) bond motifs is 2. The van der Waals surface area contributed by atoms with Crippen molar-refractivity contribution in [2.75, 3.05) is 18.6 Å². The molecule has 2 aliphatic heterocycles. The number of para-hydroxylation sites is 1. The topological polar surface area (TPSA) is 61.8 Å². The SMILES string of the molecule is COc1ccc2c(c1)C=CC1(O2)N(CCCCC(=O)[O-])c2ccccc2C1(C)C. The molecule has 0 amide bonds. The molecule has 1 atom stereocenters. The van der Waals surface area contributed by atoms with Gasteiger partial charge in [-0.2, -0.15) is 0 Å². The summed E-state index contributed by atoms with van der Waals surface area (Å²) >= 11 is 0. The van der Waals surface area contributed by atoms with Crippen LogP contribution in [0.5, 0.6) is 11.5 Å². The maximum atomic E-state index is 10.8. The first-order valence-corrected chi connectivity index (χ1v) is 10.0.